The SMILES string of the molecule is CC1CN(Cc2ccccc2)CC1c1nn2c(C3CCC(F)CC3)ncc2c(=O)[nH]1. The molecule has 1 aliphatic carbocycles. The highest BCUT2D eigenvalue weighted by atomic mass is 19.1. The van der Waals surface area contributed by atoms with Crippen LogP contribution >= 0.6 is 0 Å². The van der Waals surface area contributed by atoms with Crippen molar-refractivity contribution in [2.75, 3.05) is 13.1 Å². The van der Waals surface area contributed by atoms with Crippen molar-refractivity contribution in [3.05, 3.63) is 64.1 Å². The van der Waals surface area contributed by atoms with E-state index in [4.69, 9.17) is 5.10 Å². The molecule has 2 aromatic heterocycles. The fourth-order valence-electron chi connectivity index (χ4n) is 5.08. The Morgan fingerprint density at radius 2 is 1.90 bits per heavy atom. The van der Waals surface area contributed by atoms with Crippen LogP contribution in [0.15, 0.2) is 41.3 Å². The smallest absolute Gasteiger partial charge is 0.276 e. The number of halogens is 1. The van der Waals surface area contributed by atoms with Gasteiger partial charge in [-0.1, -0.05) is 37.3 Å². The summed E-state index contributed by atoms with van der Waals surface area (Å²) in [6, 6.07) is 10.5. The van der Waals surface area contributed by atoms with E-state index in [2.05, 4.69) is 46.1 Å². The van der Waals surface area contributed by atoms with Crippen molar-refractivity contribution in [3.8, 4) is 0 Å². The molecule has 1 aromatic carbocycles. The Hall–Kier alpha value is -2.54. The van der Waals surface area contributed by atoms with E-state index in [0.717, 1.165) is 44.1 Å². The van der Waals surface area contributed by atoms with Crippen LogP contribution in [0.5, 0.6) is 0 Å². The lowest BCUT2D eigenvalue weighted by Crippen LogP contribution is -2.24. The minimum Gasteiger partial charge on any atom is -0.307 e. The number of imidazole rings is 1. The third-order valence-corrected chi connectivity index (χ3v) is 6.76. The number of aromatic amines is 1. The molecule has 7 heteroatoms. The minimum absolute atomic E-state index is 0.147. The highest BCUT2D eigenvalue weighted by molar-refractivity contribution is 5.42. The van der Waals surface area contributed by atoms with Gasteiger partial charge < -0.3 is 4.98 Å². The molecule has 6 nitrogen and oxygen atoms in total. The quantitative estimate of drug-likeness (QED) is 0.714. The minimum atomic E-state index is -0.714. The summed E-state index contributed by atoms with van der Waals surface area (Å²) in [5.41, 5.74) is 1.62. The van der Waals surface area contributed by atoms with Crippen molar-refractivity contribution in [1.82, 2.24) is 24.5 Å². The molecule has 0 amide bonds. The zero-order valence-corrected chi connectivity index (χ0v) is 17.3. The molecule has 0 spiro atoms. The summed E-state index contributed by atoms with van der Waals surface area (Å²) in [5, 5.41) is 4.84. The van der Waals surface area contributed by atoms with Crippen LogP contribution in [0.1, 0.15) is 61.7 Å². The molecule has 2 unspecified atom stereocenters. The lowest BCUT2D eigenvalue weighted by molar-refractivity contribution is 0.231. The van der Waals surface area contributed by atoms with Gasteiger partial charge in [0.05, 0.1) is 6.20 Å². The molecule has 1 N–H and O–H groups in total. The highest BCUT2D eigenvalue weighted by Gasteiger charge is 2.33. The number of nitrogens with one attached hydrogen (secondary N) is 1. The van der Waals surface area contributed by atoms with Crippen LogP contribution in [0, 0.1) is 5.92 Å². The van der Waals surface area contributed by atoms with Crippen LogP contribution in [0.4, 0.5) is 4.39 Å². The second kappa shape index (κ2) is 7.95. The first kappa shape index (κ1) is 19.4. The molecule has 3 heterocycles. The maximum Gasteiger partial charge on any atom is 0.276 e. The first-order valence-electron chi connectivity index (χ1n) is 11.0. The Labute approximate surface area is 175 Å². The molecule has 2 atom stereocenters. The normalized spacial score (nSPS) is 27.7. The fourth-order valence-corrected chi connectivity index (χ4v) is 5.08. The van der Waals surface area contributed by atoms with Crippen LogP contribution in [0.2, 0.25) is 0 Å². The summed E-state index contributed by atoms with van der Waals surface area (Å²) >= 11 is 0. The van der Waals surface area contributed by atoms with Gasteiger partial charge in [0.2, 0.25) is 0 Å². The average molecular weight is 410 g/mol. The summed E-state index contributed by atoms with van der Waals surface area (Å²) in [6.07, 6.45) is 3.53. The van der Waals surface area contributed by atoms with E-state index in [1.807, 2.05) is 6.07 Å². The Kier molecular flexibility index (Phi) is 5.15. The first-order valence-corrected chi connectivity index (χ1v) is 11.0. The molecule has 158 valence electrons. The average Bonchev–Trinajstić information content (AvgIpc) is 3.33. The summed E-state index contributed by atoms with van der Waals surface area (Å²) in [4.78, 5) is 22.7. The van der Waals surface area contributed by atoms with E-state index >= 15 is 0 Å². The predicted molar refractivity (Wildman–Crippen MR) is 113 cm³/mol. The first-order chi connectivity index (χ1) is 14.6. The van der Waals surface area contributed by atoms with Crippen LogP contribution in [0.3, 0.4) is 0 Å². The molecule has 1 aliphatic heterocycles. The van der Waals surface area contributed by atoms with Gasteiger partial charge in [-0.3, -0.25) is 9.69 Å². The number of alkyl halides is 1. The Morgan fingerprint density at radius 1 is 1.13 bits per heavy atom. The molecule has 0 bridgehead atoms. The van der Waals surface area contributed by atoms with Gasteiger partial charge in [-0.2, -0.15) is 5.10 Å². The van der Waals surface area contributed by atoms with Gasteiger partial charge in [0, 0.05) is 31.5 Å². The molecule has 1 saturated heterocycles. The van der Waals surface area contributed by atoms with Crippen LogP contribution in [0.25, 0.3) is 5.52 Å². The molecule has 5 rings (SSSR count). The monoisotopic (exact) mass is 409 g/mol. The number of nitrogens with zero attached hydrogens (tertiary/aromatic N) is 4. The van der Waals surface area contributed by atoms with E-state index in [1.165, 1.54) is 5.56 Å². The molecular weight excluding hydrogens is 381 g/mol. The summed E-state index contributed by atoms with van der Waals surface area (Å²) in [5.74, 6) is 2.26. The maximum atomic E-state index is 13.6. The summed E-state index contributed by atoms with van der Waals surface area (Å²) in [6.45, 7) is 4.95. The lowest BCUT2D eigenvalue weighted by Gasteiger charge is -2.23. The topological polar surface area (TPSA) is 66.3 Å². The van der Waals surface area contributed by atoms with Crippen molar-refractivity contribution >= 4 is 5.52 Å². The number of likely N-dealkylation sites (tertiary alicyclic amines) is 1. The Balaban J connectivity index is 1.41. The number of aromatic nitrogens is 4. The Bertz CT molecular complexity index is 1070. The van der Waals surface area contributed by atoms with E-state index in [1.54, 1.807) is 10.7 Å². The van der Waals surface area contributed by atoms with Crippen LogP contribution in [-0.4, -0.2) is 43.7 Å². The third-order valence-electron chi connectivity index (χ3n) is 6.76. The molecule has 1 saturated carbocycles. The second-order valence-corrected chi connectivity index (χ2v) is 8.97. The van der Waals surface area contributed by atoms with Gasteiger partial charge in [-0.25, -0.2) is 13.9 Å². The molecule has 30 heavy (non-hydrogen) atoms. The van der Waals surface area contributed by atoms with Crippen molar-refractivity contribution in [1.29, 1.82) is 0 Å². The number of H-pyrrole nitrogens is 1. The second-order valence-electron chi connectivity index (χ2n) is 8.97. The molecule has 3 aromatic rings. The van der Waals surface area contributed by atoms with Gasteiger partial charge >= 0.3 is 0 Å². The van der Waals surface area contributed by atoms with E-state index in [0.29, 0.717) is 24.3 Å². The highest BCUT2D eigenvalue weighted by Crippen LogP contribution is 2.34. The van der Waals surface area contributed by atoms with Crippen molar-refractivity contribution in [3.63, 3.8) is 0 Å². The molecule has 2 aliphatic rings. The summed E-state index contributed by atoms with van der Waals surface area (Å²) in [7, 11) is 0. The predicted octanol–water partition coefficient (Wildman–Crippen LogP) is 3.65. The largest absolute Gasteiger partial charge is 0.307 e. The van der Waals surface area contributed by atoms with E-state index in [9.17, 15) is 9.18 Å². The number of hydrogen-bond acceptors (Lipinski definition) is 4. The van der Waals surface area contributed by atoms with E-state index in [-0.39, 0.29) is 17.4 Å². The molecular formula is C23H28FN5O. The van der Waals surface area contributed by atoms with Gasteiger partial charge in [-0.15, -0.1) is 0 Å². The van der Waals surface area contributed by atoms with Crippen LogP contribution < -0.4 is 5.56 Å². The van der Waals surface area contributed by atoms with E-state index < -0.39 is 6.17 Å². The summed E-state index contributed by atoms with van der Waals surface area (Å²) < 4.78 is 15.3. The van der Waals surface area contributed by atoms with Gasteiger partial charge in [0.15, 0.2) is 5.52 Å². The number of rotatable bonds is 4. The van der Waals surface area contributed by atoms with Crippen molar-refractivity contribution in [2.45, 2.75) is 57.2 Å². The zero-order chi connectivity index (χ0) is 20.7. The van der Waals surface area contributed by atoms with Gasteiger partial charge in [-0.05, 0) is 37.2 Å². The Morgan fingerprint density at radius 3 is 2.67 bits per heavy atom. The lowest BCUT2D eigenvalue weighted by atomic mass is 9.87. The number of benzene rings is 1. The molecule has 2 fully saturated rings. The number of fused-ring (bicyclic) bond motifs is 1. The zero-order valence-electron chi connectivity index (χ0n) is 17.3. The molecule has 0 radical (unpaired) electrons. The standard InChI is InChI=1S/C23H28FN5O/c1-15-12-28(13-16-5-3-2-4-6-16)14-19(15)21-26-23(30)20-11-25-22(29(20)27-21)17-7-9-18(24)10-8-17/h2-6,11,15,17-19H,7-10,12-14H2,1H3,(H,26,27,30). The van der Waals surface area contributed by atoms with Crippen molar-refractivity contribution in [2.24, 2.45) is 5.92 Å². The van der Waals surface area contributed by atoms with Gasteiger partial charge in [0.1, 0.15) is 17.8 Å². The third kappa shape index (κ3) is 3.67. The number of hydrogen-bond donors (Lipinski definition) is 1. The van der Waals surface area contributed by atoms with Crippen molar-refractivity contribution < 1.29 is 4.39 Å². The fraction of sp³-hybridized carbons (Fsp3) is 0.522. The van der Waals surface area contributed by atoms with Crippen LogP contribution in [-0.2, 0) is 6.54 Å². The maximum absolute atomic E-state index is 13.6. The van der Waals surface area contributed by atoms with Gasteiger partial charge in [0.25, 0.3) is 5.56 Å².